The summed E-state index contributed by atoms with van der Waals surface area (Å²) in [5, 5.41) is 0. The highest BCUT2D eigenvalue weighted by Crippen LogP contribution is 2.15. The summed E-state index contributed by atoms with van der Waals surface area (Å²) in [5.41, 5.74) is 0. The highest BCUT2D eigenvalue weighted by molar-refractivity contribution is 5.71. The lowest BCUT2D eigenvalue weighted by atomic mass is 10.1. The maximum atomic E-state index is 12.8. The zero-order chi connectivity index (χ0) is 45.8. The molecule has 0 bridgehead atoms. The van der Waals surface area contributed by atoms with Crippen molar-refractivity contribution >= 4 is 17.9 Å². The first kappa shape index (κ1) is 60.1. The van der Waals surface area contributed by atoms with Crippen LogP contribution in [-0.4, -0.2) is 37.2 Å². The van der Waals surface area contributed by atoms with Gasteiger partial charge in [-0.3, -0.25) is 14.4 Å². The lowest BCUT2D eigenvalue weighted by Crippen LogP contribution is -2.30. The molecule has 0 aromatic carbocycles. The molecule has 0 aromatic heterocycles. The molecule has 0 saturated heterocycles. The van der Waals surface area contributed by atoms with Crippen molar-refractivity contribution in [2.45, 2.75) is 271 Å². The van der Waals surface area contributed by atoms with Gasteiger partial charge in [-0.05, 0) is 96.3 Å². The van der Waals surface area contributed by atoms with Gasteiger partial charge in [0, 0.05) is 19.3 Å². The lowest BCUT2D eigenvalue weighted by Gasteiger charge is -2.18. The van der Waals surface area contributed by atoms with Crippen molar-refractivity contribution < 1.29 is 28.6 Å². The Morgan fingerprint density at radius 3 is 0.968 bits per heavy atom. The molecule has 0 rings (SSSR count). The maximum absolute atomic E-state index is 12.8. The molecular weight excluding hydrogens is 781 g/mol. The van der Waals surface area contributed by atoms with E-state index in [0.29, 0.717) is 19.3 Å². The monoisotopic (exact) mass is 881 g/mol. The molecule has 0 aliphatic rings. The Hall–Kier alpha value is -2.89. The first-order chi connectivity index (χ1) is 31.0. The Balaban J connectivity index is 4.38. The first-order valence-corrected chi connectivity index (χ1v) is 26.8. The second-order valence-electron chi connectivity index (χ2n) is 17.7. The first-order valence-electron chi connectivity index (χ1n) is 26.8. The minimum Gasteiger partial charge on any atom is -0.462 e. The minimum atomic E-state index is -0.782. The van der Waals surface area contributed by atoms with E-state index in [9.17, 15) is 14.4 Å². The number of allylic oxidation sites excluding steroid dienone is 10. The van der Waals surface area contributed by atoms with E-state index < -0.39 is 6.10 Å². The minimum absolute atomic E-state index is 0.0818. The van der Waals surface area contributed by atoms with Gasteiger partial charge in [0.25, 0.3) is 0 Å². The average Bonchev–Trinajstić information content (AvgIpc) is 3.28. The zero-order valence-corrected chi connectivity index (χ0v) is 41.6. The molecule has 6 nitrogen and oxygen atoms in total. The number of rotatable bonds is 48. The Labute approximate surface area is 390 Å². The van der Waals surface area contributed by atoms with Crippen LogP contribution in [0.2, 0.25) is 0 Å². The molecular formula is C57H100O6. The molecule has 0 heterocycles. The lowest BCUT2D eigenvalue weighted by molar-refractivity contribution is -0.167. The Bertz CT molecular complexity index is 1150. The summed E-state index contributed by atoms with van der Waals surface area (Å²) in [4.78, 5) is 38.0. The molecule has 0 amide bonds. The van der Waals surface area contributed by atoms with Crippen molar-refractivity contribution in [3.05, 3.63) is 60.8 Å². The zero-order valence-electron chi connectivity index (χ0n) is 41.6. The van der Waals surface area contributed by atoms with E-state index in [1.807, 2.05) is 0 Å². The van der Waals surface area contributed by atoms with E-state index >= 15 is 0 Å². The second-order valence-corrected chi connectivity index (χ2v) is 17.7. The van der Waals surface area contributed by atoms with Gasteiger partial charge in [-0.25, -0.2) is 0 Å². The molecule has 6 heteroatoms. The highest BCUT2D eigenvalue weighted by Gasteiger charge is 2.19. The van der Waals surface area contributed by atoms with Crippen LogP contribution in [0.15, 0.2) is 60.8 Å². The summed E-state index contributed by atoms with van der Waals surface area (Å²) in [6.07, 6.45) is 63.5. The predicted octanol–water partition coefficient (Wildman–Crippen LogP) is 17.6. The normalized spacial score (nSPS) is 12.5. The maximum Gasteiger partial charge on any atom is 0.306 e. The molecule has 364 valence electrons. The standard InChI is InChI=1S/C57H100O6/c1-4-7-10-13-16-19-22-25-28-29-30-33-35-38-41-44-47-50-56(59)62-53-54(63-57(60)51-48-45-42-39-36-32-27-24-21-18-15-12-9-6-3)52-61-55(58)49-46-43-40-37-34-31-26-23-20-17-14-11-8-5-2/h8-9,11-12,17-18,20-21,25,28,54H,4-7,10,13-16,19,22-24,26-27,29-53H2,1-3H3/b11-8-,12-9-,20-17-,21-18-,28-25-. The third-order valence-corrected chi connectivity index (χ3v) is 11.5. The van der Waals surface area contributed by atoms with Crippen LogP contribution in [0.25, 0.3) is 0 Å². The Morgan fingerprint density at radius 2 is 0.619 bits per heavy atom. The topological polar surface area (TPSA) is 78.9 Å². The number of esters is 3. The van der Waals surface area contributed by atoms with Crippen LogP contribution in [-0.2, 0) is 28.6 Å². The van der Waals surface area contributed by atoms with Gasteiger partial charge in [0.1, 0.15) is 13.2 Å². The van der Waals surface area contributed by atoms with Crippen molar-refractivity contribution in [2.75, 3.05) is 13.2 Å². The van der Waals surface area contributed by atoms with Crippen molar-refractivity contribution in [3.8, 4) is 0 Å². The Kier molecular flexibility index (Phi) is 49.4. The second kappa shape index (κ2) is 51.7. The van der Waals surface area contributed by atoms with Crippen LogP contribution in [0.4, 0.5) is 0 Å². The molecule has 0 fully saturated rings. The number of hydrogen-bond donors (Lipinski definition) is 0. The van der Waals surface area contributed by atoms with Gasteiger partial charge in [-0.1, -0.05) is 210 Å². The van der Waals surface area contributed by atoms with Crippen molar-refractivity contribution in [2.24, 2.45) is 0 Å². The van der Waals surface area contributed by atoms with Gasteiger partial charge >= 0.3 is 17.9 Å². The van der Waals surface area contributed by atoms with Crippen LogP contribution in [0, 0.1) is 0 Å². The smallest absolute Gasteiger partial charge is 0.306 e. The molecule has 0 spiro atoms. The Morgan fingerprint density at radius 1 is 0.333 bits per heavy atom. The summed E-state index contributed by atoms with van der Waals surface area (Å²) in [6.45, 7) is 6.42. The molecule has 0 aliphatic carbocycles. The van der Waals surface area contributed by atoms with Crippen LogP contribution in [0.5, 0.6) is 0 Å². The summed E-state index contributed by atoms with van der Waals surface area (Å²) in [6, 6.07) is 0. The number of unbranched alkanes of at least 4 members (excludes halogenated alkanes) is 27. The average molecular weight is 881 g/mol. The molecule has 0 saturated carbocycles. The molecule has 63 heavy (non-hydrogen) atoms. The molecule has 0 N–H and O–H groups in total. The van der Waals surface area contributed by atoms with E-state index in [1.165, 1.54) is 128 Å². The summed E-state index contributed by atoms with van der Waals surface area (Å²) < 4.78 is 16.8. The summed E-state index contributed by atoms with van der Waals surface area (Å²) in [7, 11) is 0. The predicted molar refractivity (Wildman–Crippen MR) is 270 cm³/mol. The number of hydrogen-bond acceptors (Lipinski definition) is 6. The fourth-order valence-electron chi connectivity index (χ4n) is 7.51. The highest BCUT2D eigenvalue weighted by atomic mass is 16.6. The van der Waals surface area contributed by atoms with Crippen LogP contribution >= 0.6 is 0 Å². The van der Waals surface area contributed by atoms with Gasteiger partial charge < -0.3 is 14.2 Å². The largest absolute Gasteiger partial charge is 0.462 e. The van der Waals surface area contributed by atoms with Gasteiger partial charge in [-0.15, -0.1) is 0 Å². The van der Waals surface area contributed by atoms with E-state index in [2.05, 4.69) is 81.5 Å². The number of carbonyl (C=O) groups excluding carboxylic acids is 3. The molecule has 0 aliphatic heterocycles. The number of carbonyl (C=O) groups is 3. The molecule has 0 aromatic rings. The van der Waals surface area contributed by atoms with E-state index in [4.69, 9.17) is 14.2 Å². The van der Waals surface area contributed by atoms with E-state index in [-0.39, 0.29) is 31.1 Å². The van der Waals surface area contributed by atoms with Crippen LogP contribution in [0.3, 0.4) is 0 Å². The van der Waals surface area contributed by atoms with E-state index in [0.717, 1.165) is 96.3 Å². The van der Waals surface area contributed by atoms with E-state index in [1.54, 1.807) is 0 Å². The number of ether oxygens (including phenoxy) is 3. The van der Waals surface area contributed by atoms with Crippen LogP contribution < -0.4 is 0 Å². The molecule has 0 radical (unpaired) electrons. The van der Waals surface area contributed by atoms with Crippen molar-refractivity contribution in [1.82, 2.24) is 0 Å². The van der Waals surface area contributed by atoms with Gasteiger partial charge in [-0.2, -0.15) is 0 Å². The third kappa shape index (κ3) is 50.0. The molecule has 1 atom stereocenters. The summed E-state index contributed by atoms with van der Waals surface area (Å²) in [5.74, 6) is -0.897. The van der Waals surface area contributed by atoms with Crippen LogP contribution in [0.1, 0.15) is 265 Å². The summed E-state index contributed by atoms with van der Waals surface area (Å²) >= 11 is 0. The van der Waals surface area contributed by atoms with Crippen molar-refractivity contribution in [1.29, 1.82) is 0 Å². The fourth-order valence-corrected chi connectivity index (χ4v) is 7.51. The van der Waals surface area contributed by atoms with Gasteiger partial charge in [0.05, 0.1) is 0 Å². The SMILES string of the molecule is CC/C=C\C/C=C\CCCCCCCCCC(=O)OCC(COC(=O)CCCCCCCCC/C=C\CCCCCCCC)OC(=O)CCCCCCCCC/C=C\C/C=C\CC. The van der Waals surface area contributed by atoms with Gasteiger partial charge in [0.15, 0.2) is 6.10 Å². The third-order valence-electron chi connectivity index (χ3n) is 11.5. The van der Waals surface area contributed by atoms with Gasteiger partial charge in [0.2, 0.25) is 0 Å². The quantitative estimate of drug-likeness (QED) is 0.0262. The fraction of sp³-hybridized carbons (Fsp3) is 0.772. The van der Waals surface area contributed by atoms with Crippen molar-refractivity contribution in [3.63, 3.8) is 0 Å². The molecule has 1 unspecified atom stereocenters.